The lowest BCUT2D eigenvalue weighted by Gasteiger charge is -2.26. The van der Waals surface area contributed by atoms with Gasteiger partial charge in [-0.2, -0.15) is 4.31 Å². The topological polar surface area (TPSA) is 49.4 Å². The van der Waals surface area contributed by atoms with E-state index in [2.05, 4.69) is 81.6 Å². The second-order valence-electron chi connectivity index (χ2n) is 12.4. The fourth-order valence-electron chi connectivity index (χ4n) is 5.90. The van der Waals surface area contributed by atoms with Gasteiger partial charge in [0.25, 0.3) is 0 Å². The highest BCUT2D eigenvalue weighted by molar-refractivity contribution is 7.89. The third kappa shape index (κ3) is 7.89. The molecule has 0 bridgehead atoms. The first-order valence-electron chi connectivity index (χ1n) is 15.3. The molecule has 0 aliphatic heterocycles. The lowest BCUT2D eigenvalue weighted by atomic mass is 9.99. The molecule has 0 aromatic heterocycles. The van der Waals surface area contributed by atoms with Crippen LogP contribution in [0.3, 0.4) is 0 Å². The van der Waals surface area contributed by atoms with Gasteiger partial charge in [0.05, 0.1) is 4.90 Å². The van der Waals surface area contributed by atoms with Crippen molar-refractivity contribution in [1.82, 2.24) is 9.62 Å². The van der Waals surface area contributed by atoms with Crippen LogP contribution in [0.1, 0.15) is 80.5 Å². The lowest BCUT2D eigenvalue weighted by molar-refractivity contribution is 0.357. The molecular formula is C37H48N2O2S. The second-order valence-corrected chi connectivity index (χ2v) is 14.3. The van der Waals surface area contributed by atoms with Crippen molar-refractivity contribution in [3.8, 4) is 0 Å². The van der Waals surface area contributed by atoms with Gasteiger partial charge in [0.2, 0.25) is 10.0 Å². The number of hydrogen-bond acceptors (Lipinski definition) is 3. The van der Waals surface area contributed by atoms with Crippen molar-refractivity contribution < 1.29 is 8.42 Å². The molecule has 0 atom stereocenters. The summed E-state index contributed by atoms with van der Waals surface area (Å²) in [6, 6.07) is 20.6. The zero-order valence-corrected chi connectivity index (χ0v) is 27.3. The fourth-order valence-corrected chi connectivity index (χ4v) is 7.54. The Labute approximate surface area is 254 Å². The largest absolute Gasteiger partial charge is 0.314 e. The van der Waals surface area contributed by atoms with E-state index in [4.69, 9.17) is 0 Å². The molecule has 0 spiro atoms. The first-order valence-corrected chi connectivity index (χ1v) is 16.8. The van der Waals surface area contributed by atoms with Gasteiger partial charge in [-0.05, 0) is 112 Å². The molecule has 0 radical (unpaired) electrons. The van der Waals surface area contributed by atoms with Crippen LogP contribution in [0.2, 0.25) is 0 Å². The van der Waals surface area contributed by atoms with E-state index in [0.717, 1.165) is 37.8 Å². The Morgan fingerprint density at radius 1 is 0.738 bits per heavy atom. The molecule has 5 rings (SSSR count). The van der Waals surface area contributed by atoms with Gasteiger partial charge in [-0.25, -0.2) is 8.42 Å². The van der Waals surface area contributed by atoms with Gasteiger partial charge in [0.15, 0.2) is 0 Å². The number of allylic oxidation sites excluding steroid dienone is 2. The van der Waals surface area contributed by atoms with Crippen molar-refractivity contribution in [2.75, 3.05) is 13.1 Å². The van der Waals surface area contributed by atoms with E-state index in [1.165, 1.54) is 39.0 Å². The first-order chi connectivity index (χ1) is 20.0. The van der Waals surface area contributed by atoms with Crippen molar-refractivity contribution in [3.63, 3.8) is 0 Å². The smallest absolute Gasteiger partial charge is 0.243 e. The van der Waals surface area contributed by atoms with Crippen LogP contribution in [0.5, 0.6) is 0 Å². The third-order valence-electron chi connectivity index (χ3n) is 8.09. The van der Waals surface area contributed by atoms with E-state index >= 15 is 0 Å². The molecule has 3 aromatic carbocycles. The highest BCUT2D eigenvalue weighted by Gasteiger charge is 2.27. The quantitative estimate of drug-likeness (QED) is 0.265. The predicted octanol–water partition coefficient (Wildman–Crippen LogP) is 7.78. The minimum absolute atomic E-state index is 0.0853. The lowest BCUT2D eigenvalue weighted by Crippen LogP contribution is -2.38. The molecule has 3 aromatic rings. The Hall–Kier alpha value is -2.99. The van der Waals surface area contributed by atoms with Crippen molar-refractivity contribution in [2.24, 2.45) is 0 Å². The molecular weight excluding hydrogens is 536 g/mol. The minimum atomic E-state index is -3.49. The molecule has 5 heteroatoms. The summed E-state index contributed by atoms with van der Waals surface area (Å²) in [4.78, 5) is 0.368. The third-order valence-corrected chi connectivity index (χ3v) is 10.2. The van der Waals surface area contributed by atoms with Gasteiger partial charge in [-0.1, -0.05) is 91.2 Å². The maximum atomic E-state index is 13.1. The molecule has 1 N–H and O–H groups in total. The SMILES string of the molecule is CC1=Cc2cccc(CCN(C(C)C)S(=O)(=O)c3ccc(C)cc3)c2C1.CC1=Cc2cccc(CCNC(C)C)c2C1. The molecule has 224 valence electrons. The summed E-state index contributed by atoms with van der Waals surface area (Å²) in [6.45, 7) is 16.2. The van der Waals surface area contributed by atoms with Crippen LogP contribution in [0, 0.1) is 6.92 Å². The van der Waals surface area contributed by atoms with Crippen LogP contribution < -0.4 is 5.32 Å². The van der Waals surface area contributed by atoms with Crippen molar-refractivity contribution in [2.45, 2.75) is 91.1 Å². The molecule has 0 fully saturated rings. The van der Waals surface area contributed by atoms with Crippen molar-refractivity contribution in [1.29, 1.82) is 0 Å². The highest BCUT2D eigenvalue weighted by Crippen LogP contribution is 2.29. The zero-order chi connectivity index (χ0) is 30.4. The standard InChI is InChI=1S/C22H27NO2S.C15H21N/c1-16(2)23(26(24,25)21-10-8-17(3)9-11-21)13-12-19-6-5-7-20-14-18(4)15-22(19)20;1-11(2)16-8-7-13-5-4-6-14-9-12(3)10-15(13)14/h5-11,14,16H,12-13,15H2,1-4H3;4-6,9,11,16H,7-8,10H2,1-3H3. The summed E-state index contributed by atoms with van der Waals surface area (Å²) < 4.78 is 27.8. The second kappa shape index (κ2) is 14.0. The van der Waals surface area contributed by atoms with E-state index in [0.29, 0.717) is 17.5 Å². The van der Waals surface area contributed by atoms with Crippen LogP contribution in [0.4, 0.5) is 0 Å². The van der Waals surface area contributed by atoms with Gasteiger partial charge in [-0.3, -0.25) is 0 Å². The Morgan fingerprint density at radius 3 is 1.76 bits per heavy atom. The van der Waals surface area contributed by atoms with Crippen molar-refractivity contribution in [3.05, 3.63) is 111 Å². The summed E-state index contributed by atoms with van der Waals surface area (Å²) in [6.07, 6.45) is 8.53. The predicted molar refractivity (Wildman–Crippen MR) is 178 cm³/mol. The van der Waals surface area contributed by atoms with E-state index in [9.17, 15) is 8.42 Å². The number of nitrogens with one attached hydrogen (secondary N) is 1. The minimum Gasteiger partial charge on any atom is -0.314 e. The molecule has 0 saturated heterocycles. The maximum Gasteiger partial charge on any atom is 0.243 e. The zero-order valence-electron chi connectivity index (χ0n) is 26.5. The maximum absolute atomic E-state index is 13.1. The molecule has 2 aliphatic rings. The Morgan fingerprint density at radius 2 is 1.26 bits per heavy atom. The van der Waals surface area contributed by atoms with Crippen LogP contribution in [-0.2, 0) is 35.7 Å². The summed E-state index contributed by atoms with van der Waals surface area (Å²) in [5, 5.41) is 3.48. The summed E-state index contributed by atoms with van der Waals surface area (Å²) >= 11 is 0. The Bertz CT molecular complexity index is 1550. The van der Waals surface area contributed by atoms with Gasteiger partial charge >= 0.3 is 0 Å². The number of hydrogen-bond donors (Lipinski definition) is 1. The van der Waals surface area contributed by atoms with Gasteiger partial charge in [-0.15, -0.1) is 0 Å². The summed E-state index contributed by atoms with van der Waals surface area (Å²) in [5.41, 5.74) is 12.3. The number of sulfonamides is 1. The van der Waals surface area contributed by atoms with Crippen LogP contribution in [0.25, 0.3) is 12.2 Å². The van der Waals surface area contributed by atoms with E-state index in [1.54, 1.807) is 22.0 Å². The number of nitrogens with zero attached hydrogens (tertiary/aromatic N) is 1. The number of fused-ring (bicyclic) bond motifs is 2. The average molecular weight is 585 g/mol. The molecule has 4 nitrogen and oxygen atoms in total. The Balaban J connectivity index is 0.000000216. The highest BCUT2D eigenvalue weighted by atomic mass is 32.2. The average Bonchev–Trinajstić information content (AvgIpc) is 3.50. The molecule has 0 amide bonds. The Kier molecular flexibility index (Phi) is 10.6. The summed E-state index contributed by atoms with van der Waals surface area (Å²) in [7, 11) is -3.49. The van der Waals surface area contributed by atoms with Crippen LogP contribution in [-0.4, -0.2) is 37.9 Å². The monoisotopic (exact) mass is 584 g/mol. The molecule has 42 heavy (non-hydrogen) atoms. The van der Waals surface area contributed by atoms with E-state index in [-0.39, 0.29) is 6.04 Å². The van der Waals surface area contributed by atoms with E-state index in [1.807, 2.05) is 32.9 Å². The molecule has 0 heterocycles. The number of benzene rings is 3. The number of aryl methyl sites for hydroxylation is 1. The normalized spacial score (nSPS) is 14.0. The molecule has 0 unspecified atom stereocenters. The number of rotatable bonds is 10. The fraction of sp³-hybridized carbons (Fsp3) is 0.405. The van der Waals surface area contributed by atoms with Gasteiger partial charge in [0, 0.05) is 18.6 Å². The van der Waals surface area contributed by atoms with Crippen LogP contribution in [0.15, 0.2) is 76.7 Å². The van der Waals surface area contributed by atoms with Crippen molar-refractivity contribution >= 4 is 22.2 Å². The molecule has 2 aliphatic carbocycles. The van der Waals surface area contributed by atoms with E-state index < -0.39 is 10.0 Å². The molecule has 0 saturated carbocycles. The van der Waals surface area contributed by atoms with Gasteiger partial charge in [0.1, 0.15) is 0 Å². The first kappa shape index (κ1) is 31.9. The van der Waals surface area contributed by atoms with Gasteiger partial charge < -0.3 is 5.32 Å². The van der Waals surface area contributed by atoms with Crippen LogP contribution >= 0.6 is 0 Å². The summed E-state index contributed by atoms with van der Waals surface area (Å²) in [5.74, 6) is 0.